The number of hydrogen-bond acceptors (Lipinski definition) is 7. The van der Waals surface area contributed by atoms with Gasteiger partial charge in [0.2, 0.25) is 5.95 Å². The van der Waals surface area contributed by atoms with Crippen LogP contribution in [0.1, 0.15) is 0 Å². The van der Waals surface area contributed by atoms with Gasteiger partial charge in [-0.1, -0.05) is 11.6 Å². The molecule has 0 atom stereocenters. The fraction of sp³-hybridized carbons (Fsp3) is 0.231. The van der Waals surface area contributed by atoms with Gasteiger partial charge in [0.15, 0.2) is 0 Å². The highest BCUT2D eigenvalue weighted by Crippen LogP contribution is 2.37. The predicted octanol–water partition coefficient (Wildman–Crippen LogP) is 2.51. The molecule has 7 nitrogen and oxygen atoms in total. The van der Waals surface area contributed by atoms with E-state index in [1.807, 2.05) is 0 Å². The first-order valence-electron chi connectivity index (χ1n) is 6.08. The van der Waals surface area contributed by atoms with Crippen molar-refractivity contribution in [1.82, 2.24) is 9.97 Å². The van der Waals surface area contributed by atoms with Crippen LogP contribution in [0.3, 0.4) is 0 Å². The molecule has 0 radical (unpaired) electrons. The molecule has 2 aromatic rings. The monoisotopic (exact) mass is 309 g/mol. The van der Waals surface area contributed by atoms with E-state index >= 15 is 0 Å². The molecule has 21 heavy (non-hydrogen) atoms. The van der Waals surface area contributed by atoms with Crippen molar-refractivity contribution in [3.8, 4) is 11.5 Å². The Morgan fingerprint density at radius 2 is 1.71 bits per heavy atom. The third-order valence-corrected chi connectivity index (χ3v) is 3.03. The first kappa shape index (κ1) is 15.0. The van der Waals surface area contributed by atoms with Crippen LogP contribution in [0.5, 0.6) is 11.5 Å². The van der Waals surface area contributed by atoms with E-state index in [4.69, 9.17) is 26.8 Å². The fourth-order valence-electron chi connectivity index (χ4n) is 1.75. The molecule has 0 amide bonds. The highest BCUT2D eigenvalue weighted by molar-refractivity contribution is 6.32. The molecule has 0 saturated heterocycles. The van der Waals surface area contributed by atoms with Crippen molar-refractivity contribution < 1.29 is 9.47 Å². The van der Waals surface area contributed by atoms with Gasteiger partial charge in [0.05, 0.1) is 24.9 Å². The molecule has 1 aromatic heterocycles. The Morgan fingerprint density at radius 3 is 2.33 bits per heavy atom. The second kappa shape index (κ2) is 6.36. The normalized spacial score (nSPS) is 10.1. The molecule has 0 saturated carbocycles. The van der Waals surface area contributed by atoms with E-state index in [1.165, 1.54) is 0 Å². The summed E-state index contributed by atoms with van der Waals surface area (Å²) in [6, 6.07) is 5.10. The lowest BCUT2D eigenvalue weighted by Gasteiger charge is -2.14. The van der Waals surface area contributed by atoms with Gasteiger partial charge in [-0.3, -0.25) is 0 Å². The summed E-state index contributed by atoms with van der Waals surface area (Å²) >= 11 is 6.07. The minimum absolute atomic E-state index is 0.157. The van der Waals surface area contributed by atoms with Crippen LogP contribution in [0.4, 0.5) is 23.3 Å². The first-order valence-corrected chi connectivity index (χ1v) is 6.46. The number of nitrogens with zero attached hydrogens (tertiary/aromatic N) is 2. The third kappa shape index (κ3) is 3.38. The Labute approximate surface area is 127 Å². The number of ether oxygens (including phenoxy) is 2. The van der Waals surface area contributed by atoms with Gasteiger partial charge in [-0.2, -0.15) is 9.97 Å². The summed E-state index contributed by atoms with van der Waals surface area (Å²) < 4.78 is 10.5. The topological polar surface area (TPSA) is 94.3 Å². The van der Waals surface area contributed by atoms with Crippen LogP contribution >= 0.6 is 11.6 Å². The van der Waals surface area contributed by atoms with Crippen molar-refractivity contribution >= 4 is 34.9 Å². The minimum Gasteiger partial charge on any atom is -0.495 e. The van der Waals surface area contributed by atoms with Crippen LogP contribution in [0.2, 0.25) is 5.02 Å². The van der Waals surface area contributed by atoms with Gasteiger partial charge in [-0.15, -0.1) is 0 Å². The maximum Gasteiger partial charge on any atom is 0.223 e. The summed E-state index contributed by atoms with van der Waals surface area (Å²) in [4.78, 5) is 8.14. The standard InChI is InChI=1S/C13H16ClN5O2/c1-16-11-6-12(19-13(15)18-11)17-8-5-9(20-2)7(14)4-10(8)21-3/h4-6H,1-3H3,(H4,15,16,17,18,19). The highest BCUT2D eigenvalue weighted by atomic mass is 35.5. The van der Waals surface area contributed by atoms with E-state index in [-0.39, 0.29) is 5.95 Å². The minimum atomic E-state index is 0.157. The molecule has 8 heteroatoms. The van der Waals surface area contributed by atoms with E-state index in [1.54, 1.807) is 39.5 Å². The van der Waals surface area contributed by atoms with Crippen molar-refractivity contribution in [2.45, 2.75) is 0 Å². The number of nitrogens with one attached hydrogen (secondary N) is 2. The summed E-state index contributed by atoms with van der Waals surface area (Å²) in [6.45, 7) is 0. The number of anilines is 4. The van der Waals surface area contributed by atoms with Crippen LogP contribution in [0, 0.1) is 0 Å². The van der Waals surface area contributed by atoms with Gasteiger partial charge >= 0.3 is 0 Å². The number of aromatic nitrogens is 2. The van der Waals surface area contributed by atoms with Gasteiger partial charge in [-0.25, -0.2) is 0 Å². The number of methoxy groups -OCH3 is 2. The number of nitrogens with two attached hydrogens (primary N) is 1. The summed E-state index contributed by atoms with van der Waals surface area (Å²) in [5, 5.41) is 6.47. The molecule has 2 rings (SSSR count). The van der Waals surface area contributed by atoms with Crippen LogP contribution in [0.25, 0.3) is 0 Å². The summed E-state index contributed by atoms with van der Waals surface area (Å²) in [5.41, 5.74) is 6.31. The van der Waals surface area contributed by atoms with Crippen molar-refractivity contribution in [3.63, 3.8) is 0 Å². The van der Waals surface area contributed by atoms with Crippen LogP contribution in [0.15, 0.2) is 18.2 Å². The average molecular weight is 310 g/mol. The molecule has 0 aliphatic heterocycles. The molecule has 0 aliphatic carbocycles. The molecule has 0 aliphatic rings. The number of rotatable bonds is 5. The Kier molecular flexibility index (Phi) is 4.54. The number of hydrogen-bond donors (Lipinski definition) is 3. The quantitative estimate of drug-likeness (QED) is 0.781. The van der Waals surface area contributed by atoms with E-state index < -0.39 is 0 Å². The zero-order valence-electron chi connectivity index (χ0n) is 11.9. The zero-order valence-corrected chi connectivity index (χ0v) is 12.7. The fourth-order valence-corrected chi connectivity index (χ4v) is 1.98. The Morgan fingerprint density at radius 1 is 1.05 bits per heavy atom. The largest absolute Gasteiger partial charge is 0.495 e. The SMILES string of the molecule is CNc1cc(Nc2cc(OC)c(Cl)cc2OC)nc(N)n1. The molecular formula is C13H16ClN5O2. The van der Waals surface area contributed by atoms with Crippen molar-refractivity contribution in [3.05, 3.63) is 23.2 Å². The molecule has 1 aromatic carbocycles. The average Bonchev–Trinajstić information content (AvgIpc) is 2.47. The lowest BCUT2D eigenvalue weighted by molar-refractivity contribution is 0.405. The lowest BCUT2D eigenvalue weighted by Crippen LogP contribution is -2.04. The zero-order chi connectivity index (χ0) is 15.4. The second-order valence-corrected chi connectivity index (χ2v) is 4.47. The van der Waals surface area contributed by atoms with Gasteiger partial charge < -0.3 is 25.8 Å². The van der Waals surface area contributed by atoms with E-state index in [9.17, 15) is 0 Å². The van der Waals surface area contributed by atoms with Crippen LogP contribution < -0.4 is 25.8 Å². The van der Waals surface area contributed by atoms with Gasteiger partial charge in [0, 0.05) is 25.2 Å². The summed E-state index contributed by atoms with van der Waals surface area (Å²) in [7, 11) is 4.84. The Bertz CT molecular complexity index is 651. The maximum absolute atomic E-state index is 6.07. The van der Waals surface area contributed by atoms with Crippen LogP contribution in [-0.4, -0.2) is 31.2 Å². The van der Waals surface area contributed by atoms with E-state index in [0.29, 0.717) is 33.8 Å². The molecule has 0 fully saturated rings. The molecule has 4 N–H and O–H groups in total. The smallest absolute Gasteiger partial charge is 0.223 e. The Balaban J connectivity index is 2.40. The summed E-state index contributed by atoms with van der Waals surface area (Å²) in [5.74, 6) is 2.36. The van der Waals surface area contributed by atoms with Crippen molar-refractivity contribution in [2.75, 3.05) is 37.6 Å². The van der Waals surface area contributed by atoms with Crippen LogP contribution in [-0.2, 0) is 0 Å². The number of nitrogen functional groups attached to an aromatic ring is 1. The first-order chi connectivity index (χ1) is 10.1. The predicted molar refractivity (Wildman–Crippen MR) is 83.8 cm³/mol. The van der Waals surface area contributed by atoms with Gasteiger partial charge in [0.25, 0.3) is 0 Å². The molecular weight excluding hydrogens is 294 g/mol. The third-order valence-electron chi connectivity index (χ3n) is 2.74. The summed E-state index contributed by atoms with van der Waals surface area (Å²) in [6.07, 6.45) is 0. The van der Waals surface area contributed by atoms with E-state index in [0.717, 1.165) is 0 Å². The van der Waals surface area contributed by atoms with Gasteiger partial charge in [0.1, 0.15) is 23.1 Å². The maximum atomic E-state index is 6.07. The molecule has 1 heterocycles. The van der Waals surface area contributed by atoms with Gasteiger partial charge in [-0.05, 0) is 0 Å². The van der Waals surface area contributed by atoms with E-state index in [2.05, 4.69) is 20.6 Å². The lowest BCUT2D eigenvalue weighted by atomic mass is 10.2. The molecule has 0 bridgehead atoms. The number of halogens is 1. The Hall–Kier alpha value is -2.41. The van der Waals surface area contributed by atoms with Crippen molar-refractivity contribution in [2.24, 2.45) is 0 Å². The molecule has 0 spiro atoms. The highest BCUT2D eigenvalue weighted by Gasteiger charge is 2.11. The number of benzene rings is 1. The van der Waals surface area contributed by atoms with Crippen molar-refractivity contribution in [1.29, 1.82) is 0 Å². The molecule has 112 valence electrons. The second-order valence-electron chi connectivity index (χ2n) is 4.06. The molecule has 0 unspecified atom stereocenters.